The van der Waals surface area contributed by atoms with Crippen LogP contribution in [0.1, 0.15) is 23.0 Å². The smallest absolute Gasteiger partial charge is 0.175 e. The van der Waals surface area contributed by atoms with Gasteiger partial charge in [0.05, 0.1) is 4.88 Å². The third-order valence-corrected chi connectivity index (χ3v) is 3.72. The molecule has 0 saturated carbocycles. The van der Waals surface area contributed by atoms with Crippen LogP contribution in [0, 0.1) is 5.92 Å². The standard InChI is InChI=1S/C10H13BrO2S/c1-7(3-4-13-2)10(12)9-5-8(11)6-14-9/h5-7H,3-4H2,1-2H3. The van der Waals surface area contributed by atoms with Crippen LogP contribution in [0.3, 0.4) is 0 Å². The number of thiophene rings is 1. The summed E-state index contributed by atoms with van der Waals surface area (Å²) in [4.78, 5) is 12.6. The van der Waals surface area contributed by atoms with Crippen molar-refractivity contribution in [3.63, 3.8) is 0 Å². The Balaban J connectivity index is 2.56. The van der Waals surface area contributed by atoms with Crippen molar-refractivity contribution < 1.29 is 9.53 Å². The number of rotatable bonds is 5. The van der Waals surface area contributed by atoms with Gasteiger partial charge in [0.15, 0.2) is 5.78 Å². The van der Waals surface area contributed by atoms with Crippen molar-refractivity contribution in [2.75, 3.05) is 13.7 Å². The van der Waals surface area contributed by atoms with Crippen LogP contribution in [0.25, 0.3) is 0 Å². The predicted octanol–water partition coefficient (Wildman–Crippen LogP) is 3.37. The number of Topliss-reactive ketones (excluding diaryl/α,β-unsaturated/α-hetero) is 1. The second-order valence-corrected chi connectivity index (χ2v) is 5.00. The summed E-state index contributed by atoms with van der Waals surface area (Å²) < 4.78 is 5.92. The van der Waals surface area contributed by atoms with Gasteiger partial charge in [0, 0.05) is 29.5 Å². The molecule has 14 heavy (non-hydrogen) atoms. The summed E-state index contributed by atoms with van der Waals surface area (Å²) in [6.45, 7) is 2.58. The van der Waals surface area contributed by atoms with Gasteiger partial charge in [-0.3, -0.25) is 4.79 Å². The van der Waals surface area contributed by atoms with E-state index >= 15 is 0 Å². The minimum absolute atomic E-state index is 0.0421. The van der Waals surface area contributed by atoms with Crippen LogP contribution in [0.4, 0.5) is 0 Å². The van der Waals surface area contributed by atoms with E-state index in [9.17, 15) is 4.79 Å². The van der Waals surface area contributed by atoms with Crippen LogP contribution in [0.5, 0.6) is 0 Å². The van der Waals surface area contributed by atoms with Crippen LogP contribution in [-0.4, -0.2) is 19.5 Å². The highest BCUT2D eigenvalue weighted by atomic mass is 79.9. The second-order valence-electron chi connectivity index (χ2n) is 3.18. The van der Waals surface area contributed by atoms with E-state index in [1.165, 1.54) is 11.3 Å². The molecular weight excluding hydrogens is 264 g/mol. The number of hydrogen-bond donors (Lipinski definition) is 0. The van der Waals surface area contributed by atoms with Crippen LogP contribution in [0.15, 0.2) is 15.9 Å². The van der Waals surface area contributed by atoms with Gasteiger partial charge in [0.1, 0.15) is 0 Å². The van der Waals surface area contributed by atoms with Gasteiger partial charge in [-0.2, -0.15) is 0 Å². The van der Waals surface area contributed by atoms with Crippen molar-refractivity contribution in [3.05, 3.63) is 20.8 Å². The molecule has 2 nitrogen and oxygen atoms in total. The Bertz CT molecular complexity index is 309. The maximum Gasteiger partial charge on any atom is 0.175 e. The molecule has 0 spiro atoms. The third kappa shape index (κ3) is 3.19. The Morgan fingerprint density at radius 3 is 2.93 bits per heavy atom. The molecule has 0 amide bonds. The molecule has 0 fully saturated rings. The molecule has 0 aliphatic rings. The monoisotopic (exact) mass is 276 g/mol. The van der Waals surface area contributed by atoms with Gasteiger partial charge in [-0.05, 0) is 28.4 Å². The molecule has 0 radical (unpaired) electrons. The van der Waals surface area contributed by atoms with E-state index in [2.05, 4.69) is 15.9 Å². The summed E-state index contributed by atoms with van der Waals surface area (Å²) in [5.74, 6) is 0.248. The second kappa shape index (κ2) is 5.63. The molecule has 0 aromatic carbocycles. The van der Waals surface area contributed by atoms with Crippen molar-refractivity contribution in [2.24, 2.45) is 5.92 Å². The highest BCUT2D eigenvalue weighted by molar-refractivity contribution is 9.10. The number of ketones is 1. The molecule has 1 aromatic heterocycles. The van der Waals surface area contributed by atoms with E-state index in [0.29, 0.717) is 6.61 Å². The van der Waals surface area contributed by atoms with Crippen molar-refractivity contribution in [1.82, 2.24) is 0 Å². The summed E-state index contributed by atoms with van der Waals surface area (Å²) in [7, 11) is 1.65. The summed E-state index contributed by atoms with van der Waals surface area (Å²) in [6.07, 6.45) is 0.783. The summed E-state index contributed by atoms with van der Waals surface area (Å²) in [5, 5.41) is 1.93. The molecular formula is C10H13BrO2S. The molecule has 1 heterocycles. The maximum absolute atomic E-state index is 11.8. The Morgan fingerprint density at radius 2 is 2.43 bits per heavy atom. The Hall–Kier alpha value is -0.190. The molecule has 1 rings (SSSR count). The number of carbonyl (C=O) groups is 1. The number of hydrogen-bond acceptors (Lipinski definition) is 3. The molecule has 78 valence electrons. The molecule has 4 heteroatoms. The summed E-state index contributed by atoms with van der Waals surface area (Å²) >= 11 is 4.82. The average molecular weight is 277 g/mol. The summed E-state index contributed by atoms with van der Waals surface area (Å²) in [5.41, 5.74) is 0. The van der Waals surface area contributed by atoms with E-state index in [1.807, 2.05) is 18.4 Å². The van der Waals surface area contributed by atoms with Gasteiger partial charge in [-0.15, -0.1) is 11.3 Å². The van der Waals surface area contributed by atoms with Crippen molar-refractivity contribution in [1.29, 1.82) is 0 Å². The highest BCUT2D eigenvalue weighted by Gasteiger charge is 2.16. The number of halogens is 1. The van der Waals surface area contributed by atoms with Gasteiger partial charge in [-0.1, -0.05) is 6.92 Å². The lowest BCUT2D eigenvalue weighted by Crippen LogP contribution is -2.11. The van der Waals surface area contributed by atoms with Gasteiger partial charge in [0.2, 0.25) is 0 Å². The topological polar surface area (TPSA) is 26.3 Å². The summed E-state index contributed by atoms with van der Waals surface area (Å²) in [6, 6.07) is 1.87. The Kier molecular flexibility index (Phi) is 4.78. The van der Waals surface area contributed by atoms with Crippen molar-refractivity contribution in [2.45, 2.75) is 13.3 Å². The zero-order chi connectivity index (χ0) is 10.6. The van der Waals surface area contributed by atoms with E-state index in [-0.39, 0.29) is 11.7 Å². The quantitative estimate of drug-likeness (QED) is 0.771. The Labute approximate surface area is 96.4 Å². The van der Waals surface area contributed by atoms with E-state index in [0.717, 1.165) is 15.8 Å². The zero-order valence-electron chi connectivity index (χ0n) is 8.25. The highest BCUT2D eigenvalue weighted by Crippen LogP contribution is 2.23. The minimum atomic E-state index is 0.0421. The molecule has 0 aliphatic carbocycles. The van der Waals surface area contributed by atoms with Gasteiger partial charge >= 0.3 is 0 Å². The minimum Gasteiger partial charge on any atom is -0.385 e. The van der Waals surface area contributed by atoms with Crippen LogP contribution in [-0.2, 0) is 4.74 Å². The van der Waals surface area contributed by atoms with Crippen molar-refractivity contribution >= 4 is 33.0 Å². The fourth-order valence-electron chi connectivity index (χ4n) is 1.11. The van der Waals surface area contributed by atoms with E-state index < -0.39 is 0 Å². The lowest BCUT2D eigenvalue weighted by atomic mass is 10.0. The fraction of sp³-hybridized carbons (Fsp3) is 0.500. The van der Waals surface area contributed by atoms with Crippen LogP contribution >= 0.6 is 27.3 Å². The molecule has 0 saturated heterocycles. The van der Waals surface area contributed by atoms with Gasteiger partial charge in [0.25, 0.3) is 0 Å². The Morgan fingerprint density at radius 1 is 1.71 bits per heavy atom. The van der Waals surface area contributed by atoms with Gasteiger partial charge < -0.3 is 4.74 Å². The van der Waals surface area contributed by atoms with E-state index in [4.69, 9.17) is 4.74 Å². The molecule has 1 aromatic rings. The third-order valence-electron chi connectivity index (χ3n) is 2.01. The first-order chi connectivity index (χ1) is 6.65. The first-order valence-electron chi connectivity index (χ1n) is 4.42. The van der Waals surface area contributed by atoms with Crippen LogP contribution < -0.4 is 0 Å². The normalized spacial score (nSPS) is 12.8. The van der Waals surface area contributed by atoms with Crippen molar-refractivity contribution in [3.8, 4) is 0 Å². The van der Waals surface area contributed by atoms with Gasteiger partial charge in [-0.25, -0.2) is 0 Å². The number of carbonyl (C=O) groups excluding carboxylic acids is 1. The predicted molar refractivity (Wildman–Crippen MR) is 62.0 cm³/mol. The molecule has 0 bridgehead atoms. The molecule has 1 unspecified atom stereocenters. The first kappa shape index (κ1) is 11.9. The number of ether oxygens (including phenoxy) is 1. The zero-order valence-corrected chi connectivity index (χ0v) is 10.7. The lowest BCUT2D eigenvalue weighted by molar-refractivity contribution is 0.0898. The molecule has 0 aliphatic heterocycles. The number of methoxy groups -OCH3 is 1. The maximum atomic E-state index is 11.8. The lowest BCUT2D eigenvalue weighted by Gasteiger charge is -2.07. The van der Waals surface area contributed by atoms with Crippen LogP contribution in [0.2, 0.25) is 0 Å². The fourth-order valence-corrected chi connectivity index (χ4v) is 2.59. The average Bonchev–Trinajstić information content (AvgIpc) is 2.60. The SMILES string of the molecule is COCCC(C)C(=O)c1cc(Br)cs1. The molecule has 0 N–H and O–H groups in total. The first-order valence-corrected chi connectivity index (χ1v) is 6.09. The molecule has 1 atom stereocenters. The van der Waals surface area contributed by atoms with E-state index in [1.54, 1.807) is 7.11 Å². The largest absolute Gasteiger partial charge is 0.385 e.